The van der Waals surface area contributed by atoms with Crippen LogP contribution < -0.4 is 26.4 Å². The number of carbonyl (C=O) groups is 4. The molecule has 1 aromatic heterocycles. The molecule has 0 radical (unpaired) electrons. The van der Waals surface area contributed by atoms with E-state index in [9.17, 15) is 29.1 Å². The van der Waals surface area contributed by atoms with Crippen LogP contribution in [0, 0.1) is 5.92 Å². The number of hydrogen-bond acceptors (Lipinski definition) is 9. The van der Waals surface area contributed by atoms with Gasteiger partial charge in [-0.3, -0.25) is 33.9 Å². The Labute approximate surface area is 193 Å². The summed E-state index contributed by atoms with van der Waals surface area (Å²) in [6.07, 6.45) is -0.877. The number of nitrogens with two attached hydrogens (primary N) is 1. The van der Waals surface area contributed by atoms with E-state index in [1.807, 2.05) is 0 Å². The number of Topliss-reactive ketones (excluding diaryl/α,β-unsaturated/α-hetero) is 1. The zero-order valence-electron chi connectivity index (χ0n) is 18.2. The van der Waals surface area contributed by atoms with Gasteiger partial charge in [-0.15, -0.1) is 0 Å². The summed E-state index contributed by atoms with van der Waals surface area (Å²) in [5.74, 6) is -3.77. The lowest BCUT2D eigenvalue weighted by atomic mass is 9.94. The average Bonchev–Trinajstić information content (AvgIpc) is 2.79. The highest BCUT2D eigenvalue weighted by Gasteiger charge is 2.33. The fourth-order valence-corrected chi connectivity index (χ4v) is 3.74. The van der Waals surface area contributed by atoms with Gasteiger partial charge in [-0.25, -0.2) is 0 Å². The van der Waals surface area contributed by atoms with Crippen LogP contribution >= 0.6 is 0 Å². The highest BCUT2D eigenvalue weighted by molar-refractivity contribution is 5.98. The molecule has 13 heteroatoms. The van der Waals surface area contributed by atoms with Gasteiger partial charge in [0, 0.05) is 31.1 Å². The number of hydrogen-bond donors (Lipinski definition) is 5. The molecule has 180 valence electrons. The lowest BCUT2D eigenvalue weighted by Crippen LogP contribution is -2.55. The minimum atomic E-state index is -1.23. The number of carbonyl (C=O) groups excluding carboxylic acids is 2. The minimum absolute atomic E-state index is 0.0279. The Hall–Kier alpha value is -4.42. The number of carboxylic acids is 2. The molecule has 6 N–H and O–H groups in total. The Morgan fingerprint density at radius 3 is 2.56 bits per heavy atom. The smallest absolute Gasteiger partial charge is 0.306 e. The number of aliphatic carboxylic acids is 2. The summed E-state index contributed by atoms with van der Waals surface area (Å²) in [6.45, 7) is 0.239. The van der Waals surface area contributed by atoms with Gasteiger partial charge in [-0.1, -0.05) is 0 Å². The van der Waals surface area contributed by atoms with Crippen molar-refractivity contribution in [1.82, 2.24) is 9.97 Å². The quantitative estimate of drug-likeness (QED) is 0.236. The molecule has 2 aromatic rings. The molecule has 1 amide bonds. The molecule has 0 saturated heterocycles. The topological polar surface area (TPSA) is 199 Å². The number of nitrogen functional groups attached to an aromatic ring is 1. The molecule has 0 spiro atoms. The second-order valence-corrected chi connectivity index (χ2v) is 7.78. The summed E-state index contributed by atoms with van der Waals surface area (Å²) < 4.78 is 0. The van der Waals surface area contributed by atoms with Crippen LogP contribution in [-0.2, 0) is 14.4 Å². The largest absolute Gasteiger partial charge is 0.481 e. The number of nitrogens with one attached hydrogen (secondary N) is 2. The van der Waals surface area contributed by atoms with Gasteiger partial charge in [-0.2, -0.15) is 4.98 Å². The molecule has 0 saturated carbocycles. The first kappa shape index (κ1) is 24.2. The highest BCUT2D eigenvalue weighted by Crippen LogP contribution is 2.28. The molecule has 3 rings (SSSR count). The van der Waals surface area contributed by atoms with E-state index < -0.39 is 35.4 Å². The first-order chi connectivity index (χ1) is 16.1. The third-order valence-corrected chi connectivity index (χ3v) is 5.59. The van der Waals surface area contributed by atoms with Crippen molar-refractivity contribution in [2.24, 2.45) is 5.92 Å². The summed E-state index contributed by atoms with van der Waals surface area (Å²) in [6, 6.07) is 6.30. The molecule has 1 aromatic carbocycles. The summed E-state index contributed by atoms with van der Waals surface area (Å²) in [5.41, 5.74) is 5.91. The monoisotopic (exact) mass is 472 g/mol. The van der Waals surface area contributed by atoms with E-state index in [0.717, 1.165) is 0 Å². The fraction of sp³-hybridized carbons (Fsp3) is 0.333. The SMILES string of the molecule is CN(c1ccc(C(=O)CC(CCC(=O)O)C(=O)O)cc1)[C@@H]1CNc2nc(N)[nH]c(=O)c2N1C=O. The number of likely N-dealkylation sites (N-methyl/N-ethyl adjacent to an activating group) is 1. The number of amides is 1. The summed E-state index contributed by atoms with van der Waals surface area (Å²) in [4.78, 5) is 68.1. The van der Waals surface area contributed by atoms with Crippen molar-refractivity contribution in [2.45, 2.75) is 25.4 Å². The van der Waals surface area contributed by atoms with Gasteiger partial charge >= 0.3 is 11.9 Å². The van der Waals surface area contributed by atoms with Gasteiger partial charge in [0.2, 0.25) is 12.4 Å². The van der Waals surface area contributed by atoms with Crippen LogP contribution in [0.15, 0.2) is 29.1 Å². The van der Waals surface area contributed by atoms with E-state index >= 15 is 0 Å². The van der Waals surface area contributed by atoms with Crippen LogP contribution in [0.2, 0.25) is 0 Å². The highest BCUT2D eigenvalue weighted by atomic mass is 16.4. The van der Waals surface area contributed by atoms with Gasteiger partial charge in [0.15, 0.2) is 17.3 Å². The van der Waals surface area contributed by atoms with E-state index in [4.69, 9.17) is 10.8 Å². The van der Waals surface area contributed by atoms with Crippen LogP contribution in [0.5, 0.6) is 0 Å². The number of aromatic nitrogens is 2. The minimum Gasteiger partial charge on any atom is -0.481 e. The normalized spacial score (nSPS) is 15.6. The van der Waals surface area contributed by atoms with Crippen molar-refractivity contribution in [3.63, 3.8) is 0 Å². The molecule has 34 heavy (non-hydrogen) atoms. The number of fused-ring (bicyclic) bond motifs is 1. The van der Waals surface area contributed by atoms with E-state index in [2.05, 4.69) is 15.3 Å². The van der Waals surface area contributed by atoms with Crippen molar-refractivity contribution in [3.05, 3.63) is 40.2 Å². The Morgan fingerprint density at radius 1 is 1.29 bits per heavy atom. The maximum absolute atomic E-state index is 12.5. The summed E-state index contributed by atoms with van der Waals surface area (Å²) in [5, 5.41) is 21.0. The van der Waals surface area contributed by atoms with Gasteiger partial charge in [0.1, 0.15) is 6.17 Å². The van der Waals surface area contributed by atoms with E-state index in [1.165, 1.54) is 17.0 Å². The van der Waals surface area contributed by atoms with E-state index in [0.29, 0.717) is 12.1 Å². The first-order valence-electron chi connectivity index (χ1n) is 10.3. The predicted molar refractivity (Wildman–Crippen MR) is 122 cm³/mol. The predicted octanol–water partition coefficient (Wildman–Crippen LogP) is 0.341. The molecular weight excluding hydrogens is 448 g/mol. The van der Waals surface area contributed by atoms with Crippen molar-refractivity contribution >= 4 is 47.3 Å². The number of carboxylic acid groups (broad SMARTS) is 2. The molecule has 13 nitrogen and oxygen atoms in total. The van der Waals surface area contributed by atoms with Crippen molar-refractivity contribution in [1.29, 1.82) is 0 Å². The van der Waals surface area contributed by atoms with Crippen LogP contribution in [0.25, 0.3) is 0 Å². The molecule has 0 fully saturated rings. The Balaban J connectivity index is 1.75. The summed E-state index contributed by atoms with van der Waals surface area (Å²) >= 11 is 0. The Morgan fingerprint density at radius 2 is 1.97 bits per heavy atom. The molecule has 1 aliphatic heterocycles. The zero-order chi connectivity index (χ0) is 25.0. The second kappa shape index (κ2) is 10.0. The Bertz CT molecular complexity index is 1160. The maximum atomic E-state index is 12.5. The van der Waals surface area contributed by atoms with Gasteiger partial charge < -0.3 is 26.2 Å². The fourth-order valence-electron chi connectivity index (χ4n) is 3.74. The third kappa shape index (κ3) is 5.14. The lowest BCUT2D eigenvalue weighted by molar-refractivity contribution is -0.142. The van der Waals surface area contributed by atoms with Crippen LogP contribution in [0.1, 0.15) is 29.6 Å². The molecule has 1 unspecified atom stereocenters. The average molecular weight is 472 g/mol. The van der Waals surface area contributed by atoms with Gasteiger partial charge in [0.25, 0.3) is 5.56 Å². The van der Waals surface area contributed by atoms with Crippen molar-refractivity contribution < 1.29 is 29.4 Å². The van der Waals surface area contributed by atoms with Crippen molar-refractivity contribution in [3.8, 4) is 0 Å². The number of aromatic amines is 1. The summed E-state index contributed by atoms with van der Waals surface area (Å²) in [7, 11) is 1.70. The zero-order valence-corrected chi connectivity index (χ0v) is 18.2. The third-order valence-electron chi connectivity index (χ3n) is 5.59. The number of rotatable bonds is 10. The van der Waals surface area contributed by atoms with E-state index in [1.54, 1.807) is 24.1 Å². The number of anilines is 4. The second-order valence-electron chi connectivity index (χ2n) is 7.78. The maximum Gasteiger partial charge on any atom is 0.306 e. The van der Waals surface area contributed by atoms with Crippen LogP contribution in [-0.4, -0.2) is 64.1 Å². The molecule has 0 aliphatic carbocycles. The first-order valence-corrected chi connectivity index (χ1v) is 10.3. The Kier molecular flexibility index (Phi) is 7.14. The standard InChI is InChI=1S/C21H24N6O7/c1-26(15-9-23-18-17(27(15)10-28)19(32)25-21(22)24-18)13-5-2-11(3-6-13)14(29)8-12(20(33)34)4-7-16(30)31/h2-3,5-6,10,12,15H,4,7-9H2,1H3,(H,30,31)(H,33,34)(H4,22,23,24,25,32)/t12?,15-/m0/s1. The number of H-pyrrole nitrogens is 1. The molecular formula is C21H24N6O7. The molecule has 0 bridgehead atoms. The van der Waals surface area contributed by atoms with Gasteiger partial charge in [0.05, 0.1) is 12.5 Å². The van der Waals surface area contributed by atoms with Crippen LogP contribution in [0.3, 0.4) is 0 Å². The van der Waals surface area contributed by atoms with E-state index in [-0.39, 0.29) is 48.8 Å². The number of benzene rings is 1. The molecule has 2 heterocycles. The van der Waals surface area contributed by atoms with Crippen molar-refractivity contribution in [2.75, 3.05) is 34.4 Å². The molecule has 2 atom stereocenters. The molecule has 1 aliphatic rings. The van der Waals surface area contributed by atoms with Crippen LogP contribution in [0.4, 0.5) is 23.1 Å². The lowest BCUT2D eigenvalue weighted by Gasteiger charge is -2.40. The number of ketones is 1. The van der Waals surface area contributed by atoms with Gasteiger partial charge in [-0.05, 0) is 30.7 Å². The number of nitrogens with zero attached hydrogens (tertiary/aromatic N) is 3.